The third-order valence-corrected chi connectivity index (χ3v) is 2.92. The van der Waals surface area contributed by atoms with Crippen LogP contribution in [0.25, 0.3) is 21.8 Å². The molecular weight excluding hydrogens is 240 g/mol. The fourth-order valence-electron chi connectivity index (χ4n) is 2.16. The summed E-state index contributed by atoms with van der Waals surface area (Å²) in [6.07, 6.45) is 3.22. The van der Waals surface area contributed by atoms with E-state index in [4.69, 9.17) is 4.74 Å². The van der Waals surface area contributed by atoms with E-state index in [9.17, 15) is 4.79 Å². The first-order valence-electron chi connectivity index (χ1n) is 6.26. The summed E-state index contributed by atoms with van der Waals surface area (Å²) in [7, 11) is 0. The van der Waals surface area contributed by atoms with Crippen LogP contribution in [0.15, 0.2) is 36.7 Å². The first-order valence-corrected chi connectivity index (χ1v) is 6.26. The molecule has 3 rings (SSSR count). The van der Waals surface area contributed by atoms with Gasteiger partial charge in [-0.15, -0.1) is 0 Å². The van der Waals surface area contributed by atoms with Gasteiger partial charge in [-0.3, -0.25) is 4.57 Å². The Labute approximate surface area is 111 Å². The van der Waals surface area contributed by atoms with Gasteiger partial charge in [0.25, 0.3) is 0 Å². The molecule has 4 nitrogen and oxygen atoms in total. The zero-order valence-corrected chi connectivity index (χ0v) is 11.2. The lowest BCUT2D eigenvalue weighted by Gasteiger charge is -2.19. The van der Waals surface area contributed by atoms with Crippen molar-refractivity contribution in [1.82, 2.24) is 9.55 Å². The van der Waals surface area contributed by atoms with Crippen LogP contribution in [-0.2, 0) is 4.74 Å². The summed E-state index contributed by atoms with van der Waals surface area (Å²) in [6, 6.07) is 8.03. The highest BCUT2D eigenvalue weighted by Crippen LogP contribution is 2.26. The molecule has 3 aromatic rings. The van der Waals surface area contributed by atoms with Gasteiger partial charge in [-0.25, -0.2) is 4.79 Å². The number of carbonyl (C=O) groups is 1. The minimum Gasteiger partial charge on any atom is -0.443 e. The van der Waals surface area contributed by atoms with Crippen LogP contribution >= 0.6 is 0 Å². The number of nitrogens with one attached hydrogen (secondary N) is 1. The molecule has 98 valence electrons. The van der Waals surface area contributed by atoms with Gasteiger partial charge >= 0.3 is 6.09 Å². The highest BCUT2D eigenvalue weighted by Gasteiger charge is 2.18. The Morgan fingerprint density at radius 3 is 2.58 bits per heavy atom. The van der Waals surface area contributed by atoms with E-state index in [1.165, 1.54) is 4.57 Å². The van der Waals surface area contributed by atoms with Crippen molar-refractivity contribution >= 4 is 27.9 Å². The van der Waals surface area contributed by atoms with Crippen LogP contribution in [0.1, 0.15) is 20.8 Å². The van der Waals surface area contributed by atoms with Crippen molar-refractivity contribution in [2.24, 2.45) is 0 Å². The highest BCUT2D eigenvalue weighted by molar-refractivity contribution is 6.07. The molecule has 0 amide bonds. The lowest BCUT2D eigenvalue weighted by Crippen LogP contribution is -2.26. The van der Waals surface area contributed by atoms with Crippen molar-refractivity contribution in [3.8, 4) is 0 Å². The molecule has 2 aromatic heterocycles. The average Bonchev–Trinajstić information content (AvgIpc) is 2.83. The lowest BCUT2D eigenvalue weighted by atomic mass is 10.2. The van der Waals surface area contributed by atoms with Crippen molar-refractivity contribution in [2.75, 3.05) is 0 Å². The first kappa shape index (κ1) is 11.8. The first-order chi connectivity index (χ1) is 8.94. The summed E-state index contributed by atoms with van der Waals surface area (Å²) in [4.78, 5) is 15.3. The number of benzene rings is 1. The van der Waals surface area contributed by atoms with Crippen molar-refractivity contribution < 1.29 is 9.53 Å². The number of ether oxygens (including phenoxy) is 1. The van der Waals surface area contributed by atoms with E-state index in [1.54, 1.807) is 6.20 Å². The van der Waals surface area contributed by atoms with Gasteiger partial charge in [0.2, 0.25) is 0 Å². The largest absolute Gasteiger partial charge is 0.443 e. The van der Waals surface area contributed by atoms with Crippen LogP contribution in [0.5, 0.6) is 0 Å². The molecule has 19 heavy (non-hydrogen) atoms. The normalized spacial score (nSPS) is 12.2. The second-order valence-corrected chi connectivity index (χ2v) is 5.64. The number of carbonyl (C=O) groups excluding carboxylic acids is 1. The van der Waals surface area contributed by atoms with Crippen LogP contribution in [0, 0.1) is 0 Å². The fourth-order valence-corrected chi connectivity index (χ4v) is 2.16. The van der Waals surface area contributed by atoms with Crippen LogP contribution in [0.2, 0.25) is 0 Å². The molecule has 0 unspecified atom stereocenters. The molecule has 0 saturated heterocycles. The topological polar surface area (TPSA) is 47.0 Å². The zero-order chi connectivity index (χ0) is 13.6. The van der Waals surface area contributed by atoms with E-state index in [-0.39, 0.29) is 6.09 Å². The van der Waals surface area contributed by atoms with Crippen LogP contribution in [0.3, 0.4) is 0 Å². The van der Waals surface area contributed by atoms with Gasteiger partial charge in [0, 0.05) is 28.7 Å². The molecule has 0 aliphatic heterocycles. The molecule has 0 saturated carbocycles. The minimum atomic E-state index is -0.489. The quantitative estimate of drug-likeness (QED) is 0.663. The van der Waals surface area contributed by atoms with Crippen LogP contribution < -0.4 is 0 Å². The van der Waals surface area contributed by atoms with E-state index < -0.39 is 5.60 Å². The molecule has 0 spiro atoms. The Hall–Kier alpha value is -2.23. The number of H-pyrrole nitrogens is 1. The van der Waals surface area contributed by atoms with Crippen molar-refractivity contribution in [2.45, 2.75) is 26.4 Å². The molecule has 0 fully saturated rings. The maximum absolute atomic E-state index is 12.0. The number of para-hydroxylation sites is 1. The second kappa shape index (κ2) is 3.88. The van der Waals surface area contributed by atoms with Gasteiger partial charge in [-0.1, -0.05) is 18.2 Å². The van der Waals surface area contributed by atoms with Gasteiger partial charge in [0.15, 0.2) is 0 Å². The van der Waals surface area contributed by atoms with Gasteiger partial charge in [-0.2, -0.15) is 0 Å². The maximum atomic E-state index is 12.0. The van der Waals surface area contributed by atoms with Crippen molar-refractivity contribution in [3.63, 3.8) is 0 Å². The fraction of sp³-hybridized carbons (Fsp3) is 0.267. The number of rotatable bonds is 0. The molecular formula is C15H16N2O2. The molecule has 0 radical (unpaired) electrons. The maximum Gasteiger partial charge on any atom is 0.418 e. The van der Waals surface area contributed by atoms with Crippen molar-refractivity contribution in [3.05, 3.63) is 36.7 Å². The molecule has 2 heterocycles. The molecule has 1 N–H and O–H groups in total. The highest BCUT2D eigenvalue weighted by atomic mass is 16.6. The summed E-state index contributed by atoms with van der Waals surface area (Å²) in [6.45, 7) is 5.57. The lowest BCUT2D eigenvalue weighted by molar-refractivity contribution is 0.0538. The van der Waals surface area contributed by atoms with E-state index >= 15 is 0 Å². The zero-order valence-electron chi connectivity index (χ0n) is 11.2. The summed E-state index contributed by atoms with van der Waals surface area (Å²) < 4.78 is 6.83. The van der Waals surface area contributed by atoms with Crippen molar-refractivity contribution in [1.29, 1.82) is 0 Å². The summed E-state index contributed by atoms with van der Waals surface area (Å²) in [5.41, 5.74) is 1.52. The summed E-state index contributed by atoms with van der Waals surface area (Å²) in [5.74, 6) is 0. The Morgan fingerprint density at radius 2 is 1.84 bits per heavy atom. The molecule has 0 aliphatic carbocycles. The van der Waals surface area contributed by atoms with Gasteiger partial charge in [-0.05, 0) is 26.8 Å². The Kier molecular flexibility index (Phi) is 2.42. The summed E-state index contributed by atoms with van der Waals surface area (Å²) in [5, 5.41) is 2.14. The van der Waals surface area contributed by atoms with Gasteiger partial charge in [0.1, 0.15) is 5.60 Å². The summed E-state index contributed by atoms with van der Waals surface area (Å²) >= 11 is 0. The molecule has 1 aromatic carbocycles. The van der Waals surface area contributed by atoms with E-state index in [0.29, 0.717) is 0 Å². The average molecular weight is 256 g/mol. The number of hydrogen-bond acceptors (Lipinski definition) is 2. The molecule has 0 bridgehead atoms. The van der Waals surface area contributed by atoms with Crippen LogP contribution in [0.4, 0.5) is 4.79 Å². The number of nitrogens with zero attached hydrogens (tertiary/aromatic N) is 1. The Balaban J connectivity index is 2.05. The monoisotopic (exact) mass is 256 g/mol. The predicted octanol–water partition coefficient (Wildman–Crippen LogP) is 3.91. The van der Waals surface area contributed by atoms with Gasteiger partial charge in [0.05, 0.1) is 5.52 Å². The second-order valence-electron chi connectivity index (χ2n) is 5.64. The number of aromatic amines is 1. The van der Waals surface area contributed by atoms with E-state index in [0.717, 1.165) is 21.8 Å². The standard InChI is InChI=1S/C15H16N2O2/c1-15(2,3)19-14(18)17-8-11-10-6-4-5-7-12(10)16-13(11)9-17/h4-9,16H,1-3H3. The van der Waals surface area contributed by atoms with E-state index in [2.05, 4.69) is 4.98 Å². The smallest absolute Gasteiger partial charge is 0.418 e. The number of aromatic nitrogens is 2. The molecule has 0 aliphatic rings. The SMILES string of the molecule is CC(C)(C)OC(=O)n1cc2[nH]c3ccccc3c2c1. The minimum absolute atomic E-state index is 0.360. The molecule has 0 atom stereocenters. The Bertz CT molecular complexity index is 759. The number of fused-ring (bicyclic) bond motifs is 3. The molecule has 4 heteroatoms. The third-order valence-electron chi connectivity index (χ3n) is 2.92. The Morgan fingerprint density at radius 1 is 1.11 bits per heavy atom. The predicted molar refractivity (Wildman–Crippen MR) is 75.4 cm³/mol. The van der Waals surface area contributed by atoms with Gasteiger partial charge < -0.3 is 9.72 Å². The third kappa shape index (κ3) is 2.10. The number of hydrogen-bond donors (Lipinski definition) is 1. The van der Waals surface area contributed by atoms with E-state index in [1.807, 2.05) is 51.2 Å². The van der Waals surface area contributed by atoms with Crippen LogP contribution in [-0.4, -0.2) is 21.2 Å².